The van der Waals surface area contributed by atoms with Gasteiger partial charge in [-0.25, -0.2) is 0 Å². The predicted octanol–water partition coefficient (Wildman–Crippen LogP) is 2.80. The number of hydrogen-bond acceptors (Lipinski definition) is 4. The third-order valence-corrected chi connectivity index (χ3v) is 3.85. The maximum absolute atomic E-state index is 5.78. The fourth-order valence-corrected chi connectivity index (χ4v) is 2.37. The Balaban J connectivity index is 1.73. The molecule has 2 fully saturated rings. The lowest BCUT2D eigenvalue weighted by Crippen LogP contribution is -2.09. The molecule has 22 heavy (non-hydrogen) atoms. The molecule has 0 N–H and O–H groups in total. The van der Waals surface area contributed by atoms with Crippen molar-refractivity contribution in [2.45, 2.75) is 25.4 Å². The van der Waals surface area contributed by atoms with Crippen LogP contribution in [0, 0.1) is 0 Å². The zero-order chi connectivity index (χ0) is 15.4. The molecule has 0 aliphatic carbocycles. The van der Waals surface area contributed by atoms with E-state index in [0.29, 0.717) is 26.4 Å². The Hall–Kier alpha value is -1.46. The smallest absolute Gasteiger partial charge is 0.104 e. The predicted molar refractivity (Wildman–Crippen MR) is 85.4 cm³/mol. The van der Waals surface area contributed by atoms with Gasteiger partial charge in [0.2, 0.25) is 0 Å². The number of hydrogen-bond donors (Lipinski definition) is 0. The van der Waals surface area contributed by atoms with Gasteiger partial charge in [-0.1, -0.05) is 37.4 Å². The molecule has 0 saturated carbocycles. The van der Waals surface area contributed by atoms with Crippen molar-refractivity contribution in [2.24, 2.45) is 0 Å². The van der Waals surface area contributed by atoms with Gasteiger partial charge < -0.3 is 18.9 Å². The topological polar surface area (TPSA) is 43.5 Å². The van der Waals surface area contributed by atoms with Gasteiger partial charge in [0.15, 0.2) is 0 Å². The molecule has 2 heterocycles. The SMILES string of the molecule is C=Cc1ccc(C=C)c(COCC2CO2)c1COCC1CO1. The third-order valence-electron chi connectivity index (χ3n) is 3.85. The minimum atomic E-state index is 0.265. The van der Waals surface area contributed by atoms with Gasteiger partial charge in [0, 0.05) is 0 Å². The Morgan fingerprint density at radius 1 is 0.909 bits per heavy atom. The first-order valence-electron chi connectivity index (χ1n) is 7.60. The first-order valence-corrected chi connectivity index (χ1v) is 7.60. The van der Waals surface area contributed by atoms with E-state index in [1.54, 1.807) is 0 Å². The summed E-state index contributed by atoms with van der Waals surface area (Å²) >= 11 is 0. The average Bonchev–Trinajstić information content (AvgIpc) is 3.42. The number of rotatable bonds is 10. The monoisotopic (exact) mass is 302 g/mol. The molecule has 0 bridgehead atoms. The van der Waals surface area contributed by atoms with Crippen molar-refractivity contribution in [3.05, 3.63) is 47.5 Å². The molecule has 2 saturated heterocycles. The maximum atomic E-state index is 5.78. The van der Waals surface area contributed by atoms with Gasteiger partial charge in [-0.15, -0.1) is 0 Å². The lowest BCUT2D eigenvalue weighted by Gasteiger charge is -2.16. The van der Waals surface area contributed by atoms with Crippen LogP contribution in [-0.2, 0) is 32.2 Å². The van der Waals surface area contributed by atoms with Crippen LogP contribution in [0.15, 0.2) is 25.3 Å². The van der Waals surface area contributed by atoms with Crippen LogP contribution in [0.5, 0.6) is 0 Å². The molecular formula is C18H22O4. The Kier molecular flexibility index (Phi) is 5.05. The van der Waals surface area contributed by atoms with Crippen LogP contribution >= 0.6 is 0 Å². The molecule has 2 aliphatic heterocycles. The van der Waals surface area contributed by atoms with Gasteiger partial charge in [-0.05, 0) is 22.3 Å². The van der Waals surface area contributed by atoms with Gasteiger partial charge in [-0.3, -0.25) is 0 Å². The van der Waals surface area contributed by atoms with Crippen molar-refractivity contribution in [3.8, 4) is 0 Å². The second kappa shape index (κ2) is 7.20. The molecule has 0 spiro atoms. The van der Waals surface area contributed by atoms with Gasteiger partial charge >= 0.3 is 0 Å². The summed E-state index contributed by atoms with van der Waals surface area (Å²) in [5.41, 5.74) is 4.38. The standard InChI is InChI=1S/C18H22O4/c1-3-13-5-6-14(4-2)18(12-20-8-16-10-22-16)17(13)11-19-7-15-9-21-15/h3-6,15-16H,1-2,7-12H2. The van der Waals surface area contributed by atoms with Crippen molar-refractivity contribution >= 4 is 12.2 Å². The lowest BCUT2D eigenvalue weighted by molar-refractivity contribution is 0.0916. The second-order valence-electron chi connectivity index (χ2n) is 5.55. The van der Waals surface area contributed by atoms with Crippen LogP contribution in [0.3, 0.4) is 0 Å². The third kappa shape index (κ3) is 4.05. The summed E-state index contributed by atoms with van der Waals surface area (Å²) in [6.45, 7) is 11.7. The summed E-state index contributed by atoms with van der Waals surface area (Å²) in [4.78, 5) is 0. The molecule has 2 unspecified atom stereocenters. The lowest BCUT2D eigenvalue weighted by atomic mass is 9.96. The number of epoxide rings is 2. The Labute approximate surface area is 131 Å². The molecule has 4 heteroatoms. The van der Waals surface area contributed by atoms with Crippen LogP contribution in [0.25, 0.3) is 12.2 Å². The molecule has 4 nitrogen and oxygen atoms in total. The first kappa shape index (κ1) is 15.4. The molecule has 118 valence electrons. The zero-order valence-corrected chi connectivity index (χ0v) is 12.8. The number of benzene rings is 1. The van der Waals surface area contributed by atoms with Crippen LogP contribution < -0.4 is 0 Å². The van der Waals surface area contributed by atoms with Gasteiger partial charge in [0.25, 0.3) is 0 Å². The van der Waals surface area contributed by atoms with E-state index in [-0.39, 0.29) is 12.2 Å². The molecule has 0 radical (unpaired) electrons. The van der Waals surface area contributed by atoms with Crippen molar-refractivity contribution in [2.75, 3.05) is 26.4 Å². The zero-order valence-electron chi connectivity index (χ0n) is 12.8. The largest absolute Gasteiger partial charge is 0.374 e. The Morgan fingerprint density at radius 3 is 1.64 bits per heavy atom. The first-order chi connectivity index (χ1) is 10.8. The molecular weight excluding hydrogens is 280 g/mol. The van der Waals surface area contributed by atoms with E-state index < -0.39 is 0 Å². The fraction of sp³-hybridized carbons (Fsp3) is 0.444. The average molecular weight is 302 g/mol. The molecule has 0 aromatic heterocycles. The highest BCUT2D eigenvalue weighted by Gasteiger charge is 2.24. The Morgan fingerprint density at radius 2 is 1.32 bits per heavy atom. The van der Waals surface area contributed by atoms with Crippen LogP contribution in [0.1, 0.15) is 22.3 Å². The second-order valence-corrected chi connectivity index (χ2v) is 5.55. The highest BCUT2D eigenvalue weighted by molar-refractivity contribution is 5.62. The Bertz CT molecular complexity index is 495. The molecule has 0 amide bonds. The highest BCUT2D eigenvalue weighted by atomic mass is 16.6. The van der Waals surface area contributed by atoms with Crippen LogP contribution in [0.2, 0.25) is 0 Å². The van der Waals surface area contributed by atoms with E-state index in [1.165, 1.54) is 0 Å². The van der Waals surface area contributed by atoms with Crippen molar-refractivity contribution in [1.29, 1.82) is 0 Å². The van der Waals surface area contributed by atoms with Crippen molar-refractivity contribution in [3.63, 3.8) is 0 Å². The van der Waals surface area contributed by atoms with E-state index in [9.17, 15) is 0 Å². The van der Waals surface area contributed by atoms with E-state index in [1.807, 2.05) is 24.3 Å². The summed E-state index contributed by atoms with van der Waals surface area (Å²) in [5.74, 6) is 0. The fourth-order valence-electron chi connectivity index (χ4n) is 2.37. The normalized spacial score (nSPS) is 22.4. The van der Waals surface area contributed by atoms with Crippen LogP contribution in [-0.4, -0.2) is 38.6 Å². The van der Waals surface area contributed by atoms with E-state index in [0.717, 1.165) is 35.5 Å². The van der Waals surface area contributed by atoms with Crippen molar-refractivity contribution in [1.82, 2.24) is 0 Å². The van der Waals surface area contributed by atoms with E-state index >= 15 is 0 Å². The quantitative estimate of drug-likeness (QED) is 0.623. The minimum Gasteiger partial charge on any atom is -0.374 e. The van der Waals surface area contributed by atoms with E-state index in [4.69, 9.17) is 18.9 Å². The number of ether oxygens (including phenoxy) is 4. The van der Waals surface area contributed by atoms with Gasteiger partial charge in [0.1, 0.15) is 12.2 Å². The summed E-state index contributed by atoms with van der Waals surface area (Å²) in [7, 11) is 0. The van der Waals surface area contributed by atoms with Gasteiger partial charge in [-0.2, -0.15) is 0 Å². The highest BCUT2D eigenvalue weighted by Crippen LogP contribution is 2.25. The molecule has 3 rings (SSSR count). The van der Waals surface area contributed by atoms with Crippen molar-refractivity contribution < 1.29 is 18.9 Å². The van der Waals surface area contributed by atoms with Crippen LogP contribution in [0.4, 0.5) is 0 Å². The maximum Gasteiger partial charge on any atom is 0.104 e. The summed E-state index contributed by atoms with van der Waals surface area (Å²) in [6, 6.07) is 4.09. The minimum absolute atomic E-state index is 0.265. The molecule has 2 aliphatic rings. The summed E-state index contributed by atoms with van der Waals surface area (Å²) in [5, 5.41) is 0. The summed E-state index contributed by atoms with van der Waals surface area (Å²) < 4.78 is 21.9. The van der Waals surface area contributed by atoms with Gasteiger partial charge in [0.05, 0.1) is 39.6 Å². The summed E-state index contributed by atoms with van der Waals surface area (Å²) in [6.07, 6.45) is 4.24. The molecule has 2 atom stereocenters. The molecule has 1 aromatic carbocycles. The molecule has 1 aromatic rings. The van der Waals surface area contributed by atoms with E-state index in [2.05, 4.69) is 13.2 Å².